The summed E-state index contributed by atoms with van der Waals surface area (Å²) in [4.78, 5) is 23.2. The number of aromatic nitrogens is 3. The number of amides is 1. The molecule has 0 spiro atoms. The van der Waals surface area contributed by atoms with Crippen LogP contribution in [0.1, 0.15) is 16.3 Å². The first-order valence-electron chi connectivity index (χ1n) is 9.61. The molecule has 30 heavy (non-hydrogen) atoms. The van der Waals surface area contributed by atoms with E-state index >= 15 is 0 Å². The number of benzene rings is 2. The van der Waals surface area contributed by atoms with Gasteiger partial charge in [0.05, 0.1) is 29.1 Å². The van der Waals surface area contributed by atoms with Crippen molar-refractivity contribution in [3.05, 3.63) is 89.5 Å². The number of carbonyl (C=O) groups excluding carboxylic acids is 1. The summed E-state index contributed by atoms with van der Waals surface area (Å²) in [7, 11) is 1.75. The second kappa shape index (κ2) is 8.97. The zero-order valence-corrected chi connectivity index (χ0v) is 17.3. The predicted octanol–water partition coefficient (Wildman–Crippen LogP) is 4.44. The Balaban J connectivity index is 1.54. The molecule has 0 saturated heterocycles. The molecule has 6 nitrogen and oxygen atoms in total. The molecule has 0 unspecified atom stereocenters. The number of hydrogen-bond donors (Lipinski definition) is 0. The zero-order chi connectivity index (χ0) is 20.9. The van der Waals surface area contributed by atoms with Gasteiger partial charge >= 0.3 is 0 Å². The minimum atomic E-state index is -0.151. The Bertz CT molecular complexity index is 1160. The van der Waals surface area contributed by atoms with Crippen LogP contribution in [-0.2, 0) is 13.1 Å². The number of rotatable bonds is 7. The monoisotopic (exact) mass is 420 g/mol. The van der Waals surface area contributed by atoms with Crippen molar-refractivity contribution in [2.75, 3.05) is 13.7 Å². The van der Waals surface area contributed by atoms with Gasteiger partial charge < -0.3 is 14.2 Å². The van der Waals surface area contributed by atoms with Gasteiger partial charge in [-0.05, 0) is 36.4 Å². The Morgan fingerprint density at radius 3 is 2.63 bits per heavy atom. The maximum absolute atomic E-state index is 12.7. The molecule has 0 aliphatic rings. The number of imidazole rings is 1. The van der Waals surface area contributed by atoms with Crippen molar-refractivity contribution in [3.63, 3.8) is 0 Å². The number of halogens is 1. The van der Waals surface area contributed by atoms with E-state index in [1.54, 1.807) is 42.4 Å². The van der Waals surface area contributed by atoms with E-state index in [0.717, 1.165) is 16.9 Å². The van der Waals surface area contributed by atoms with Crippen LogP contribution in [0.15, 0.2) is 72.9 Å². The van der Waals surface area contributed by atoms with Crippen LogP contribution in [0.2, 0.25) is 5.02 Å². The first kappa shape index (κ1) is 19.9. The Hall–Kier alpha value is -3.38. The number of fused-ring (bicyclic) bond motifs is 1. The molecular formula is C23H21ClN4O2. The Morgan fingerprint density at radius 1 is 1.07 bits per heavy atom. The highest BCUT2D eigenvalue weighted by Crippen LogP contribution is 2.23. The number of hydrogen-bond acceptors (Lipinski definition) is 4. The van der Waals surface area contributed by atoms with E-state index < -0.39 is 0 Å². The number of para-hydroxylation sites is 3. The lowest BCUT2D eigenvalue weighted by atomic mass is 10.3. The maximum Gasteiger partial charge on any atom is 0.272 e. The minimum Gasteiger partial charge on any atom is -0.490 e. The molecule has 4 rings (SSSR count). The van der Waals surface area contributed by atoms with E-state index in [4.69, 9.17) is 21.3 Å². The van der Waals surface area contributed by atoms with Crippen molar-refractivity contribution in [2.24, 2.45) is 0 Å². The predicted molar refractivity (Wildman–Crippen MR) is 117 cm³/mol. The molecule has 152 valence electrons. The smallest absolute Gasteiger partial charge is 0.272 e. The van der Waals surface area contributed by atoms with Gasteiger partial charge in [0.1, 0.15) is 23.9 Å². The van der Waals surface area contributed by atoms with Crippen molar-refractivity contribution in [3.8, 4) is 5.75 Å². The Kier molecular flexibility index (Phi) is 5.95. The van der Waals surface area contributed by atoms with Gasteiger partial charge in [-0.3, -0.25) is 9.78 Å². The van der Waals surface area contributed by atoms with Crippen LogP contribution in [0.25, 0.3) is 11.0 Å². The van der Waals surface area contributed by atoms with Crippen molar-refractivity contribution >= 4 is 28.5 Å². The highest BCUT2D eigenvalue weighted by Gasteiger charge is 2.17. The summed E-state index contributed by atoms with van der Waals surface area (Å²) < 4.78 is 7.94. The normalized spacial score (nSPS) is 10.9. The molecule has 0 N–H and O–H groups in total. The van der Waals surface area contributed by atoms with Gasteiger partial charge in [-0.15, -0.1) is 0 Å². The van der Waals surface area contributed by atoms with E-state index in [1.807, 2.05) is 42.5 Å². The first-order chi connectivity index (χ1) is 14.6. The van der Waals surface area contributed by atoms with Crippen LogP contribution in [0, 0.1) is 0 Å². The van der Waals surface area contributed by atoms with Crippen LogP contribution in [0.3, 0.4) is 0 Å². The van der Waals surface area contributed by atoms with Crippen LogP contribution >= 0.6 is 11.6 Å². The molecular weight excluding hydrogens is 400 g/mol. The van der Waals surface area contributed by atoms with Crippen LogP contribution in [-0.4, -0.2) is 39.0 Å². The van der Waals surface area contributed by atoms with Gasteiger partial charge in [0.15, 0.2) is 0 Å². The average Bonchev–Trinajstić information content (AvgIpc) is 3.12. The van der Waals surface area contributed by atoms with Gasteiger partial charge in [0.2, 0.25) is 0 Å². The Labute approximate surface area is 179 Å². The third-order valence-electron chi connectivity index (χ3n) is 4.75. The molecule has 2 aromatic carbocycles. The number of carbonyl (C=O) groups is 1. The molecule has 0 saturated carbocycles. The van der Waals surface area contributed by atoms with Gasteiger partial charge in [0.25, 0.3) is 5.91 Å². The quantitative estimate of drug-likeness (QED) is 0.443. The number of pyridine rings is 1. The van der Waals surface area contributed by atoms with Crippen molar-refractivity contribution in [2.45, 2.75) is 13.1 Å². The standard InChI is InChI=1S/C23H21ClN4O2/c1-27(23(29)19-10-6-7-13-25-19)16-22-26-18-9-3-4-11-20(18)28(22)14-15-30-21-12-5-2-8-17(21)24/h2-13H,14-16H2,1H3. The molecule has 0 atom stereocenters. The molecule has 7 heteroatoms. The first-order valence-corrected chi connectivity index (χ1v) is 9.99. The third-order valence-corrected chi connectivity index (χ3v) is 5.06. The fourth-order valence-electron chi connectivity index (χ4n) is 3.27. The molecule has 0 bridgehead atoms. The summed E-state index contributed by atoms with van der Waals surface area (Å²) in [6.45, 7) is 1.36. The lowest BCUT2D eigenvalue weighted by Crippen LogP contribution is -2.28. The molecule has 1 amide bonds. The molecule has 0 aliphatic heterocycles. The summed E-state index contributed by atoms with van der Waals surface area (Å²) in [6.07, 6.45) is 1.61. The molecule has 4 aromatic rings. The topological polar surface area (TPSA) is 60.2 Å². The van der Waals surface area contributed by atoms with Gasteiger partial charge in [-0.1, -0.05) is 41.9 Å². The number of nitrogens with zero attached hydrogens (tertiary/aromatic N) is 4. The fourth-order valence-corrected chi connectivity index (χ4v) is 3.46. The molecule has 2 heterocycles. The Morgan fingerprint density at radius 2 is 1.83 bits per heavy atom. The van der Waals surface area contributed by atoms with Crippen LogP contribution in [0.4, 0.5) is 0 Å². The molecule has 0 aliphatic carbocycles. The summed E-state index contributed by atoms with van der Waals surface area (Å²) >= 11 is 6.18. The third kappa shape index (κ3) is 4.28. The van der Waals surface area contributed by atoms with Crippen molar-refractivity contribution < 1.29 is 9.53 Å². The minimum absolute atomic E-state index is 0.151. The second-order valence-corrected chi connectivity index (χ2v) is 7.23. The van der Waals surface area contributed by atoms with E-state index in [0.29, 0.717) is 36.2 Å². The lowest BCUT2D eigenvalue weighted by Gasteiger charge is -2.18. The highest BCUT2D eigenvalue weighted by molar-refractivity contribution is 6.32. The lowest BCUT2D eigenvalue weighted by molar-refractivity contribution is 0.0774. The number of ether oxygens (including phenoxy) is 1. The van der Waals surface area contributed by atoms with Gasteiger partial charge in [-0.25, -0.2) is 4.98 Å². The fraction of sp³-hybridized carbons (Fsp3) is 0.174. The largest absolute Gasteiger partial charge is 0.490 e. The van der Waals surface area contributed by atoms with Gasteiger partial charge in [-0.2, -0.15) is 0 Å². The van der Waals surface area contributed by atoms with E-state index in [9.17, 15) is 4.79 Å². The van der Waals surface area contributed by atoms with Crippen LogP contribution < -0.4 is 4.74 Å². The van der Waals surface area contributed by atoms with Gasteiger partial charge in [0, 0.05) is 13.2 Å². The SMILES string of the molecule is CN(Cc1nc2ccccc2n1CCOc1ccccc1Cl)C(=O)c1ccccn1. The van der Waals surface area contributed by atoms with Crippen LogP contribution in [0.5, 0.6) is 5.75 Å². The second-order valence-electron chi connectivity index (χ2n) is 6.82. The maximum atomic E-state index is 12.7. The van der Waals surface area contributed by atoms with E-state index in [2.05, 4.69) is 9.55 Å². The average molecular weight is 421 g/mol. The zero-order valence-electron chi connectivity index (χ0n) is 16.5. The van der Waals surface area contributed by atoms with Crippen molar-refractivity contribution in [1.29, 1.82) is 0 Å². The summed E-state index contributed by atoms with van der Waals surface area (Å²) in [5.41, 5.74) is 2.28. The van der Waals surface area contributed by atoms with E-state index in [-0.39, 0.29) is 5.91 Å². The molecule has 0 radical (unpaired) electrons. The molecule has 0 fully saturated rings. The molecule has 2 aromatic heterocycles. The summed E-state index contributed by atoms with van der Waals surface area (Å²) in [6, 6.07) is 20.6. The summed E-state index contributed by atoms with van der Waals surface area (Å²) in [5, 5.41) is 0.578. The summed E-state index contributed by atoms with van der Waals surface area (Å²) in [5.74, 6) is 1.28. The van der Waals surface area contributed by atoms with Crippen molar-refractivity contribution in [1.82, 2.24) is 19.4 Å². The highest BCUT2D eigenvalue weighted by atomic mass is 35.5. The van der Waals surface area contributed by atoms with E-state index in [1.165, 1.54) is 0 Å².